The van der Waals surface area contributed by atoms with Gasteiger partial charge in [0.1, 0.15) is 6.04 Å². The van der Waals surface area contributed by atoms with Crippen molar-refractivity contribution in [2.75, 3.05) is 0 Å². The highest BCUT2D eigenvalue weighted by Crippen LogP contribution is 2.32. The third-order valence-corrected chi connectivity index (χ3v) is 3.62. The molecule has 1 aromatic carbocycles. The summed E-state index contributed by atoms with van der Waals surface area (Å²) in [5, 5.41) is 2.15. The lowest BCUT2D eigenvalue weighted by Crippen LogP contribution is -2.46. The molecule has 7 heteroatoms. The van der Waals surface area contributed by atoms with E-state index in [4.69, 9.17) is 0 Å². The molecule has 3 amide bonds. The van der Waals surface area contributed by atoms with E-state index in [-0.39, 0.29) is 18.0 Å². The molecule has 5 nitrogen and oxygen atoms in total. The number of hydrogen-bond acceptors (Lipinski definition) is 3. The van der Waals surface area contributed by atoms with E-state index in [2.05, 4.69) is 5.32 Å². The van der Waals surface area contributed by atoms with Crippen molar-refractivity contribution in [2.45, 2.75) is 31.3 Å². The van der Waals surface area contributed by atoms with Gasteiger partial charge in [-0.15, -0.1) is 0 Å². The lowest BCUT2D eigenvalue weighted by molar-refractivity contribution is -0.126. The lowest BCUT2D eigenvalue weighted by Gasteiger charge is -2.26. The summed E-state index contributed by atoms with van der Waals surface area (Å²) in [6.07, 6.45) is 1.37. The van der Waals surface area contributed by atoms with E-state index in [9.17, 15) is 23.2 Å². The highest BCUT2D eigenvalue weighted by Gasteiger charge is 2.44. The first kappa shape index (κ1) is 13.7. The Labute approximate surface area is 118 Å². The molecule has 110 valence electrons. The molecule has 21 heavy (non-hydrogen) atoms. The summed E-state index contributed by atoms with van der Waals surface area (Å²) in [6, 6.07) is 1.85. The Hall–Kier alpha value is -2.31. The summed E-state index contributed by atoms with van der Waals surface area (Å²) < 4.78 is 26.2. The molecule has 1 saturated carbocycles. The second-order valence-electron chi connectivity index (χ2n) is 5.20. The zero-order chi connectivity index (χ0) is 15.1. The predicted octanol–water partition coefficient (Wildman–Crippen LogP) is 0.984. The van der Waals surface area contributed by atoms with Gasteiger partial charge < -0.3 is 4.90 Å². The number of benzene rings is 1. The fraction of sp³-hybridized carbons (Fsp3) is 0.357. The molecule has 2 aliphatic rings. The maximum absolute atomic E-state index is 13.3. The van der Waals surface area contributed by atoms with Gasteiger partial charge in [-0.3, -0.25) is 19.7 Å². The largest absolute Gasteiger partial charge is 0.323 e. The van der Waals surface area contributed by atoms with Crippen molar-refractivity contribution in [1.82, 2.24) is 10.2 Å². The summed E-state index contributed by atoms with van der Waals surface area (Å²) in [7, 11) is 0. The van der Waals surface area contributed by atoms with Crippen molar-refractivity contribution in [1.29, 1.82) is 0 Å². The molecule has 0 aromatic heterocycles. The van der Waals surface area contributed by atoms with E-state index in [0.29, 0.717) is 0 Å². The minimum atomic E-state index is -1.12. The van der Waals surface area contributed by atoms with E-state index in [1.807, 2.05) is 0 Å². The summed E-state index contributed by atoms with van der Waals surface area (Å²) in [5.41, 5.74) is -0.0343. The summed E-state index contributed by atoms with van der Waals surface area (Å²) >= 11 is 0. The van der Waals surface area contributed by atoms with E-state index in [1.165, 1.54) is 11.0 Å². The predicted molar refractivity (Wildman–Crippen MR) is 67.1 cm³/mol. The summed E-state index contributed by atoms with van der Waals surface area (Å²) in [6.45, 7) is 0. The van der Waals surface area contributed by atoms with Crippen molar-refractivity contribution in [2.24, 2.45) is 0 Å². The Balaban J connectivity index is 1.90. The molecule has 0 unspecified atom stereocenters. The van der Waals surface area contributed by atoms with Crippen LogP contribution in [-0.2, 0) is 9.59 Å². The van der Waals surface area contributed by atoms with E-state index >= 15 is 0 Å². The monoisotopic (exact) mass is 294 g/mol. The van der Waals surface area contributed by atoms with Crippen molar-refractivity contribution < 1.29 is 23.2 Å². The Bertz CT molecular complexity index is 643. The molecule has 3 rings (SSSR count). The molecule has 1 heterocycles. The first-order valence-corrected chi connectivity index (χ1v) is 6.59. The minimum Gasteiger partial charge on any atom is -0.323 e. The molecule has 0 bridgehead atoms. The van der Waals surface area contributed by atoms with Gasteiger partial charge in [-0.1, -0.05) is 0 Å². The molecular weight excluding hydrogens is 282 g/mol. The second-order valence-corrected chi connectivity index (χ2v) is 5.20. The van der Waals surface area contributed by atoms with Gasteiger partial charge in [0.25, 0.3) is 5.91 Å². The molecule has 0 radical (unpaired) electrons. The van der Waals surface area contributed by atoms with Crippen LogP contribution in [0.5, 0.6) is 0 Å². The van der Waals surface area contributed by atoms with Gasteiger partial charge in [0.15, 0.2) is 11.6 Å². The third-order valence-electron chi connectivity index (χ3n) is 3.62. The standard InChI is InChI=1S/C14H12F2N2O3/c15-9-4-1-7(5-10(9)16)14(21)18(8-2-3-8)11-6-12(19)17-13(11)20/h1,4-5,8,11H,2-3,6H2,(H,17,19,20)/t11-/m0/s1. The zero-order valence-corrected chi connectivity index (χ0v) is 10.9. The third kappa shape index (κ3) is 2.51. The SMILES string of the molecule is O=C1C[C@H](N(C(=O)c2ccc(F)c(F)c2)C2CC2)C(=O)N1. The molecule has 1 saturated heterocycles. The van der Waals surface area contributed by atoms with Crippen molar-refractivity contribution in [3.05, 3.63) is 35.4 Å². The number of imide groups is 1. The smallest absolute Gasteiger partial charge is 0.254 e. The highest BCUT2D eigenvalue weighted by molar-refractivity contribution is 6.08. The zero-order valence-electron chi connectivity index (χ0n) is 10.9. The topological polar surface area (TPSA) is 66.5 Å². The van der Waals surface area contributed by atoms with Crippen LogP contribution < -0.4 is 5.32 Å². The van der Waals surface area contributed by atoms with Crippen LogP contribution >= 0.6 is 0 Å². The van der Waals surface area contributed by atoms with Crippen molar-refractivity contribution >= 4 is 17.7 Å². The highest BCUT2D eigenvalue weighted by atomic mass is 19.2. The molecule has 1 aliphatic heterocycles. The van der Waals surface area contributed by atoms with Gasteiger partial charge in [0.05, 0.1) is 6.42 Å². The van der Waals surface area contributed by atoms with Gasteiger partial charge in [-0.05, 0) is 31.0 Å². The van der Waals surface area contributed by atoms with Crippen LogP contribution in [0.3, 0.4) is 0 Å². The normalized spacial score (nSPS) is 21.3. The van der Waals surface area contributed by atoms with Crippen LogP contribution in [0.2, 0.25) is 0 Å². The van der Waals surface area contributed by atoms with Crippen LogP contribution in [-0.4, -0.2) is 34.7 Å². The maximum Gasteiger partial charge on any atom is 0.254 e. The Morgan fingerprint density at radius 2 is 1.90 bits per heavy atom. The van der Waals surface area contributed by atoms with Crippen molar-refractivity contribution in [3.8, 4) is 0 Å². The number of hydrogen-bond donors (Lipinski definition) is 1. The number of halogens is 2. The number of rotatable bonds is 3. The molecule has 1 aromatic rings. The number of carbonyl (C=O) groups excluding carboxylic acids is 3. The average molecular weight is 294 g/mol. The van der Waals surface area contributed by atoms with Gasteiger partial charge in [0, 0.05) is 11.6 Å². The molecule has 2 fully saturated rings. The number of nitrogens with one attached hydrogen (secondary N) is 1. The van der Waals surface area contributed by atoms with Gasteiger partial charge in [0.2, 0.25) is 11.8 Å². The summed E-state index contributed by atoms with van der Waals surface area (Å²) in [5.74, 6) is -3.69. The molecule has 0 spiro atoms. The quantitative estimate of drug-likeness (QED) is 0.845. The molecular formula is C14H12F2N2O3. The fourth-order valence-corrected chi connectivity index (χ4v) is 2.46. The van der Waals surface area contributed by atoms with Gasteiger partial charge in [-0.25, -0.2) is 8.78 Å². The number of nitrogens with zero attached hydrogens (tertiary/aromatic N) is 1. The maximum atomic E-state index is 13.3. The van der Waals surface area contributed by atoms with Crippen LogP contribution in [0.1, 0.15) is 29.6 Å². The fourth-order valence-electron chi connectivity index (χ4n) is 2.46. The lowest BCUT2D eigenvalue weighted by atomic mass is 10.1. The number of amides is 3. The molecule has 1 atom stereocenters. The van der Waals surface area contributed by atoms with Gasteiger partial charge >= 0.3 is 0 Å². The van der Waals surface area contributed by atoms with Crippen LogP contribution in [0.15, 0.2) is 18.2 Å². The first-order chi connectivity index (χ1) is 9.97. The molecule has 1 N–H and O–H groups in total. The van der Waals surface area contributed by atoms with Crippen LogP contribution in [0, 0.1) is 11.6 Å². The Morgan fingerprint density at radius 1 is 1.19 bits per heavy atom. The molecule has 1 aliphatic carbocycles. The van der Waals surface area contributed by atoms with Crippen molar-refractivity contribution in [3.63, 3.8) is 0 Å². The Kier molecular flexibility index (Phi) is 3.19. The van der Waals surface area contributed by atoms with Gasteiger partial charge in [-0.2, -0.15) is 0 Å². The van der Waals surface area contributed by atoms with E-state index in [1.54, 1.807) is 0 Å². The Morgan fingerprint density at radius 3 is 2.43 bits per heavy atom. The minimum absolute atomic E-state index is 0.0343. The summed E-state index contributed by atoms with van der Waals surface area (Å²) in [4.78, 5) is 36.8. The average Bonchev–Trinajstić information content (AvgIpc) is 3.20. The first-order valence-electron chi connectivity index (χ1n) is 6.59. The van der Waals surface area contributed by atoms with Crippen LogP contribution in [0.25, 0.3) is 0 Å². The van der Waals surface area contributed by atoms with E-state index in [0.717, 1.165) is 25.0 Å². The second kappa shape index (κ2) is 4.91. The number of carbonyl (C=O) groups is 3. The van der Waals surface area contributed by atoms with E-state index < -0.39 is 35.4 Å². The van der Waals surface area contributed by atoms with Crippen LogP contribution in [0.4, 0.5) is 8.78 Å².